The molecule has 1 amide bonds. The second-order valence-electron chi connectivity index (χ2n) is 3.78. The number of amides is 1. The van der Waals surface area contributed by atoms with Crippen molar-refractivity contribution in [2.75, 3.05) is 5.75 Å². The number of thioether (sulfide) groups is 1. The first-order valence-corrected chi connectivity index (χ1v) is 6.53. The number of aryl methyl sites for hydroxylation is 1. The Morgan fingerprint density at radius 1 is 1.50 bits per heavy atom. The highest BCUT2D eigenvalue weighted by Gasteiger charge is 2.21. The second kappa shape index (κ2) is 6.39. The molecule has 0 aliphatic carbocycles. The Morgan fingerprint density at radius 3 is 2.67 bits per heavy atom. The Kier molecular flexibility index (Phi) is 5.14. The van der Waals surface area contributed by atoms with Gasteiger partial charge in [-0.2, -0.15) is 0 Å². The number of carbonyl (C=O) groups is 2. The van der Waals surface area contributed by atoms with E-state index in [-0.39, 0.29) is 5.75 Å². The molecule has 0 bridgehead atoms. The summed E-state index contributed by atoms with van der Waals surface area (Å²) in [6, 6.07) is -0.585. The molecule has 8 heteroatoms. The summed E-state index contributed by atoms with van der Waals surface area (Å²) in [6.45, 7) is 3.63. The number of carboxylic acid groups (broad SMARTS) is 1. The predicted molar refractivity (Wildman–Crippen MR) is 66.3 cm³/mol. The minimum atomic E-state index is -0.946. The Balaban J connectivity index is 3.02. The van der Waals surface area contributed by atoms with Crippen molar-refractivity contribution in [1.29, 1.82) is 0 Å². The predicted octanol–water partition coefficient (Wildman–Crippen LogP) is 0.454. The standard InChI is InChI=1S/C10H16N4O3S/c1-3-4-7-12-13-10(18-5-8(15)16)14(7)6(2)9(11)17/h6H,3-5H2,1-2H3,(H2,11,17)(H,15,16). The summed E-state index contributed by atoms with van der Waals surface area (Å²) in [5, 5.41) is 17.0. The maximum absolute atomic E-state index is 11.3. The minimum Gasteiger partial charge on any atom is -0.481 e. The number of primary amides is 1. The van der Waals surface area contributed by atoms with Crippen molar-refractivity contribution in [3.63, 3.8) is 0 Å². The van der Waals surface area contributed by atoms with Crippen molar-refractivity contribution in [2.24, 2.45) is 5.73 Å². The van der Waals surface area contributed by atoms with Crippen molar-refractivity contribution < 1.29 is 14.7 Å². The number of hydrogen-bond acceptors (Lipinski definition) is 5. The monoisotopic (exact) mass is 272 g/mol. The molecule has 18 heavy (non-hydrogen) atoms. The summed E-state index contributed by atoms with van der Waals surface area (Å²) in [6.07, 6.45) is 1.52. The molecule has 3 N–H and O–H groups in total. The van der Waals surface area contributed by atoms with E-state index in [1.807, 2.05) is 6.92 Å². The lowest BCUT2D eigenvalue weighted by Gasteiger charge is -2.14. The quantitative estimate of drug-likeness (QED) is 0.697. The molecule has 7 nitrogen and oxygen atoms in total. The van der Waals surface area contributed by atoms with Gasteiger partial charge >= 0.3 is 5.97 Å². The molecule has 1 atom stereocenters. The number of nitrogens with zero attached hydrogens (tertiary/aromatic N) is 3. The fraction of sp³-hybridized carbons (Fsp3) is 0.600. The zero-order valence-corrected chi connectivity index (χ0v) is 11.1. The van der Waals surface area contributed by atoms with Gasteiger partial charge in [0.1, 0.15) is 11.9 Å². The molecule has 1 rings (SSSR count). The number of carboxylic acids is 1. The first kappa shape index (κ1) is 14.5. The smallest absolute Gasteiger partial charge is 0.313 e. The van der Waals surface area contributed by atoms with E-state index in [1.54, 1.807) is 11.5 Å². The van der Waals surface area contributed by atoms with Crippen LogP contribution in [0.2, 0.25) is 0 Å². The summed E-state index contributed by atoms with van der Waals surface area (Å²) < 4.78 is 1.61. The molecule has 1 aromatic heterocycles. The number of rotatable bonds is 7. The molecule has 0 aromatic carbocycles. The van der Waals surface area contributed by atoms with Gasteiger partial charge in [0.15, 0.2) is 5.16 Å². The van der Waals surface area contributed by atoms with Crippen LogP contribution in [0, 0.1) is 0 Å². The lowest BCUT2D eigenvalue weighted by molar-refractivity contribution is -0.133. The van der Waals surface area contributed by atoms with Crippen LogP contribution in [0.3, 0.4) is 0 Å². The lowest BCUT2D eigenvalue weighted by Crippen LogP contribution is -2.26. The van der Waals surface area contributed by atoms with Gasteiger partial charge in [0.05, 0.1) is 5.75 Å². The molecule has 1 unspecified atom stereocenters. The van der Waals surface area contributed by atoms with Gasteiger partial charge in [0.2, 0.25) is 5.91 Å². The van der Waals surface area contributed by atoms with Gasteiger partial charge in [-0.1, -0.05) is 18.7 Å². The Morgan fingerprint density at radius 2 is 2.17 bits per heavy atom. The molecule has 0 fully saturated rings. The molecule has 0 aliphatic heterocycles. The number of carbonyl (C=O) groups excluding carboxylic acids is 1. The van der Waals surface area contributed by atoms with Crippen molar-refractivity contribution in [3.8, 4) is 0 Å². The van der Waals surface area contributed by atoms with Crippen LogP contribution in [0.25, 0.3) is 0 Å². The Labute approximate surface area is 109 Å². The molecule has 0 radical (unpaired) electrons. The molecule has 0 saturated carbocycles. The molecule has 100 valence electrons. The number of aliphatic carboxylic acids is 1. The molecular weight excluding hydrogens is 256 g/mol. The van der Waals surface area contributed by atoms with Gasteiger partial charge in [-0.05, 0) is 13.3 Å². The fourth-order valence-electron chi connectivity index (χ4n) is 1.44. The van der Waals surface area contributed by atoms with Gasteiger partial charge in [-0.3, -0.25) is 14.2 Å². The zero-order valence-electron chi connectivity index (χ0n) is 10.3. The SMILES string of the molecule is CCCc1nnc(SCC(=O)O)n1C(C)C(N)=O. The van der Waals surface area contributed by atoms with E-state index in [2.05, 4.69) is 10.2 Å². The maximum Gasteiger partial charge on any atom is 0.313 e. The topological polar surface area (TPSA) is 111 Å². The molecule has 0 spiro atoms. The van der Waals surface area contributed by atoms with Gasteiger partial charge in [-0.25, -0.2) is 0 Å². The van der Waals surface area contributed by atoms with Crippen LogP contribution < -0.4 is 5.73 Å². The largest absolute Gasteiger partial charge is 0.481 e. The number of aromatic nitrogens is 3. The number of nitrogens with two attached hydrogens (primary N) is 1. The minimum absolute atomic E-state index is 0.129. The van der Waals surface area contributed by atoms with Gasteiger partial charge in [-0.15, -0.1) is 10.2 Å². The molecule has 1 aromatic rings. The highest BCUT2D eigenvalue weighted by atomic mass is 32.2. The van der Waals surface area contributed by atoms with E-state index in [0.717, 1.165) is 18.2 Å². The molecule has 0 saturated heterocycles. The van der Waals surface area contributed by atoms with Gasteiger partial charge in [0.25, 0.3) is 0 Å². The van der Waals surface area contributed by atoms with Crippen LogP contribution in [0.15, 0.2) is 5.16 Å². The van der Waals surface area contributed by atoms with Crippen LogP contribution in [-0.4, -0.2) is 37.5 Å². The van der Waals surface area contributed by atoms with E-state index in [4.69, 9.17) is 10.8 Å². The molecule has 1 heterocycles. The Hall–Kier alpha value is -1.57. The van der Waals surface area contributed by atoms with Crippen LogP contribution in [0.5, 0.6) is 0 Å². The van der Waals surface area contributed by atoms with Crippen LogP contribution in [0.4, 0.5) is 0 Å². The first-order chi connectivity index (χ1) is 8.47. The average Bonchev–Trinajstić information content (AvgIpc) is 2.68. The third-order valence-corrected chi connectivity index (χ3v) is 3.26. The van der Waals surface area contributed by atoms with E-state index in [9.17, 15) is 9.59 Å². The zero-order chi connectivity index (χ0) is 13.7. The van der Waals surface area contributed by atoms with Crippen LogP contribution in [-0.2, 0) is 16.0 Å². The lowest BCUT2D eigenvalue weighted by atomic mass is 10.2. The highest BCUT2D eigenvalue weighted by Crippen LogP contribution is 2.22. The summed E-state index contributed by atoms with van der Waals surface area (Å²) in [5.74, 6) is -0.922. The van der Waals surface area contributed by atoms with Gasteiger partial charge in [0, 0.05) is 6.42 Å². The third kappa shape index (κ3) is 3.46. The first-order valence-electron chi connectivity index (χ1n) is 5.55. The molecule has 0 aliphatic rings. The number of hydrogen-bond donors (Lipinski definition) is 2. The third-order valence-electron chi connectivity index (χ3n) is 2.33. The van der Waals surface area contributed by atoms with E-state index < -0.39 is 17.9 Å². The summed E-state index contributed by atoms with van der Waals surface area (Å²) in [5.41, 5.74) is 5.28. The average molecular weight is 272 g/mol. The molecular formula is C10H16N4O3S. The summed E-state index contributed by atoms with van der Waals surface area (Å²) >= 11 is 1.03. The van der Waals surface area contributed by atoms with Crippen LogP contribution in [0.1, 0.15) is 32.1 Å². The van der Waals surface area contributed by atoms with E-state index in [1.165, 1.54) is 0 Å². The van der Waals surface area contributed by atoms with E-state index in [0.29, 0.717) is 17.4 Å². The van der Waals surface area contributed by atoms with Crippen LogP contribution >= 0.6 is 11.8 Å². The fourth-order valence-corrected chi connectivity index (χ4v) is 2.20. The van der Waals surface area contributed by atoms with E-state index >= 15 is 0 Å². The van der Waals surface area contributed by atoms with Crippen molar-refractivity contribution in [1.82, 2.24) is 14.8 Å². The van der Waals surface area contributed by atoms with Crippen molar-refractivity contribution in [2.45, 2.75) is 37.9 Å². The highest BCUT2D eigenvalue weighted by molar-refractivity contribution is 7.99. The van der Waals surface area contributed by atoms with Crippen molar-refractivity contribution >= 4 is 23.6 Å². The van der Waals surface area contributed by atoms with Gasteiger partial charge < -0.3 is 10.8 Å². The Bertz CT molecular complexity index is 446. The summed E-state index contributed by atoms with van der Waals surface area (Å²) in [7, 11) is 0. The van der Waals surface area contributed by atoms with Crippen molar-refractivity contribution in [3.05, 3.63) is 5.82 Å². The second-order valence-corrected chi connectivity index (χ2v) is 4.72. The normalized spacial score (nSPS) is 12.3. The summed E-state index contributed by atoms with van der Waals surface area (Å²) in [4.78, 5) is 21.8. The maximum atomic E-state index is 11.3.